The molecule has 0 unspecified atom stereocenters. The van der Waals surface area contributed by atoms with Crippen molar-refractivity contribution in [3.63, 3.8) is 0 Å². The molecule has 3 saturated carbocycles. The van der Waals surface area contributed by atoms with Gasteiger partial charge in [-0.1, -0.05) is 12.1 Å². The van der Waals surface area contributed by atoms with Crippen LogP contribution in [0, 0.1) is 17.8 Å². The van der Waals surface area contributed by atoms with Crippen molar-refractivity contribution in [2.75, 3.05) is 5.32 Å². The first-order valence-electron chi connectivity index (χ1n) is 8.95. The van der Waals surface area contributed by atoms with E-state index in [2.05, 4.69) is 15.6 Å². The maximum Gasteiger partial charge on any atom is 0.258 e. The van der Waals surface area contributed by atoms with E-state index >= 15 is 0 Å². The fourth-order valence-corrected chi connectivity index (χ4v) is 5.30. The molecule has 1 spiro atoms. The van der Waals surface area contributed by atoms with Gasteiger partial charge in [-0.2, -0.15) is 0 Å². The Morgan fingerprint density at radius 3 is 3.00 bits per heavy atom. The zero-order chi connectivity index (χ0) is 17.7. The number of fused-ring (bicyclic) bond motifs is 3. The number of thiazole rings is 1. The predicted octanol–water partition coefficient (Wildman–Crippen LogP) is 3.04. The lowest BCUT2D eigenvalue weighted by atomic mass is 9.60. The molecule has 1 aromatic carbocycles. The molecule has 6 rings (SSSR count). The van der Waals surface area contributed by atoms with E-state index in [0.29, 0.717) is 22.9 Å². The Hall–Kier alpha value is -2.41. The molecule has 0 radical (unpaired) electrons. The number of carbonyl (C=O) groups is 2. The van der Waals surface area contributed by atoms with Crippen molar-refractivity contribution < 1.29 is 14.3 Å². The minimum absolute atomic E-state index is 0.0343. The second kappa shape index (κ2) is 5.81. The number of para-hydroxylation sites is 1. The lowest BCUT2D eigenvalue weighted by Gasteiger charge is -2.55. The van der Waals surface area contributed by atoms with Crippen LogP contribution in [-0.2, 0) is 4.79 Å². The van der Waals surface area contributed by atoms with Crippen molar-refractivity contribution in [2.24, 2.45) is 17.8 Å². The Kier molecular flexibility index (Phi) is 3.53. The van der Waals surface area contributed by atoms with E-state index in [0.717, 1.165) is 19.3 Å². The summed E-state index contributed by atoms with van der Waals surface area (Å²) in [6, 6.07) is 7.36. The van der Waals surface area contributed by atoms with Gasteiger partial charge in [-0.05, 0) is 37.3 Å². The standard InChI is InChI=1S/C19H19N3O3S/c23-16(21-18-20-7-8-26-18)14-9-12-6-5-11(14)10-19(12)22-17(24)13-3-1-2-4-15(13)25-19/h1-4,7-8,11-12,14H,5-6,9-10H2,(H,22,24)(H,20,21,23)/t11-,12+,14-,19-/m0/s1. The molecule has 2 heterocycles. The molecule has 134 valence electrons. The van der Waals surface area contributed by atoms with Gasteiger partial charge in [-0.25, -0.2) is 4.98 Å². The van der Waals surface area contributed by atoms with E-state index in [1.165, 1.54) is 11.3 Å². The number of hydrogen-bond donors (Lipinski definition) is 2. The highest BCUT2D eigenvalue weighted by molar-refractivity contribution is 7.13. The second-order valence-corrected chi connectivity index (χ2v) is 8.24. The van der Waals surface area contributed by atoms with Crippen molar-refractivity contribution >= 4 is 28.3 Å². The molecular weight excluding hydrogens is 350 g/mol. The minimum atomic E-state index is -0.674. The second-order valence-electron chi connectivity index (χ2n) is 7.35. The van der Waals surface area contributed by atoms with Gasteiger partial charge in [0.1, 0.15) is 5.75 Å². The number of benzene rings is 1. The molecule has 6 nitrogen and oxygen atoms in total. The smallest absolute Gasteiger partial charge is 0.258 e. The highest BCUT2D eigenvalue weighted by Gasteiger charge is 2.57. The average Bonchev–Trinajstić information content (AvgIpc) is 3.15. The number of aromatic nitrogens is 1. The van der Waals surface area contributed by atoms with Crippen LogP contribution in [0.3, 0.4) is 0 Å². The summed E-state index contributed by atoms with van der Waals surface area (Å²) in [6.45, 7) is 0. The maximum atomic E-state index is 12.7. The van der Waals surface area contributed by atoms with Gasteiger partial charge in [0.05, 0.1) is 5.56 Å². The molecular formula is C19H19N3O3S. The zero-order valence-electron chi connectivity index (χ0n) is 14.1. The first-order chi connectivity index (χ1) is 12.6. The topological polar surface area (TPSA) is 80.3 Å². The molecule has 2 N–H and O–H groups in total. The summed E-state index contributed by atoms with van der Waals surface area (Å²) in [5.74, 6) is 0.881. The van der Waals surface area contributed by atoms with Crippen LogP contribution in [0.5, 0.6) is 5.75 Å². The highest BCUT2D eigenvalue weighted by Crippen LogP contribution is 2.52. The Morgan fingerprint density at radius 2 is 2.23 bits per heavy atom. The van der Waals surface area contributed by atoms with Gasteiger partial charge in [0, 0.05) is 29.8 Å². The van der Waals surface area contributed by atoms with E-state index in [1.54, 1.807) is 12.3 Å². The summed E-state index contributed by atoms with van der Waals surface area (Å²) >= 11 is 1.42. The molecule has 7 heteroatoms. The third-order valence-electron chi connectivity index (χ3n) is 5.97. The van der Waals surface area contributed by atoms with E-state index in [1.807, 2.05) is 23.6 Å². The van der Waals surface area contributed by atoms with E-state index < -0.39 is 5.72 Å². The Balaban J connectivity index is 1.38. The number of hydrogen-bond acceptors (Lipinski definition) is 5. The lowest BCUT2D eigenvalue weighted by Crippen LogP contribution is -2.66. The fourth-order valence-electron chi connectivity index (χ4n) is 4.76. The number of carbonyl (C=O) groups excluding carboxylic acids is 2. The number of nitrogens with zero attached hydrogens (tertiary/aromatic N) is 1. The summed E-state index contributed by atoms with van der Waals surface area (Å²) in [4.78, 5) is 29.4. The molecule has 3 aliphatic carbocycles. The maximum absolute atomic E-state index is 12.7. The van der Waals surface area contributed by atoms with Crippen LogP contribution in [0.4, 0.5) is 5.13 Å². The van der Waals surface area contributed by atoms with Crippen LogP contribution in [-0.4, -0.2) is 22.5 Å². The summed E-state index contributed by atoms with van der Waals surface area (Å²) in [7, 11) is 0. The molecule has 26 heavy (non-hydrogen) atoms. The molecule has 3 fully saturated rings. The SMILES string of the molecule is O=C1N[C@@]2(C[C@@H]3CC[C@@H]2C[C@@H]3C(=O)Nc2nccs2)Oc2ccccc21. The largest absolute Gasteiger partial charge is 0.467 e. The van der Waals surface area contributed by atoms with Crippen molar-refractivity contribution in [1.29, 1.82) is 0 Å². The van der Waals surface area contributed by atoms with Crippen LogP contribution < -0.4 is 15.4 Å². The first kappa shape index (κ1) is 15.8. The fraction of sp³-hybridized carbons (Fsp3) is 0.421. The van der Waals surface area contributed by atoms with Gasteiger partial charge in [-0.3, -0.25) is 9.59 Å². The number of rotatable bonds is 2. The Bertz CT molecular complexity index is 869. The lowest BCUT2D eigenvalue weighted by molar-refractivity contribution is -0.142. The van der Waals surface area contributed by atoms with Crippen molar-refractivity contribution in [1.82, 2.24) is 10.3 Å². The molecule has 1 aliphatic heterocycles. The molecule has 2 amide bonds. The normalized spacial score (nSPS) is 31.8. The third kappa shape index (κ3) is 2.41. The first-order valence-corrected chi connectivity index (χ1v) is 9.83. The minimum Gasteiger partial charge on any atom is -0.467 e. The number of nitrogens with one attached hydrogen (secondary N) is 2. The van der Waals surface area contributed by atoms with Crippen LogP contribution >= 0.6 is 11.3 Å². The molecule has 4 atom stereocenters. The number of ether oxygens (including phenoxy) is 1. The van der Waals surface area contributed by atoms with Gasteiger partial charge in [0.2, 0.25) is 5.91 Å². The quantitative estimate of drug-likeness (QED) is 0.853. The molecule has 2 aromatic rings. The summed E-state index contributed by atoms with van der Waals surface area (Å²) in [6.07, 6.45) is 5.04. The molecule has 1 aromatic heterocycles. The molecule has 4 aliphatic rings. The Morgan fingerprint density at radius 1 is 1.35 bits per heavy atom. The monoisotopic (exact) mass is 369 g/mol. The van der Waals surface area contributed by atoms with Gasteiger partial charge < -0.3 is 15.4 Å². The summed E-state index contributed by atoms with van der Waals surface area (Å²) < 4.78 is 6.32. The van der Waals surface area contributed by atoms with Crippen LogP contribution in [0.25, 0.3) is 0 Å². The number of anilines is 1. The van der Waals surface area contributed by atoms with Gasteiger partial charge >= 0.3 is 0 Å². The van der Waals surface area contributed by atoms with Gasteiger partial charge in [0.15, 0.2) is 10.9 Å². The van der Waals surface area contributed by atoms with E-state index in [9.17, 15) is 9.59 Å². The molecule has 2 bridgehead atoms. The van der Waals surface area contributed by atoms with Crippen molar-refractivity contribution in [3.05, 3.63) is 41.4 Å². The van der Waals surface area contributed by atoms with Crippen LogP contribution in [0.2, 0.25) is 0 Å². The van der Waals surface area contributed by atoms with Gasteiger partial charge in [-0.15, -0.1) is 11.3 Å². The van der Waals surface area contributed by atoms with Crippen LogP contribution in [0.15, 0.2) is 35.8 Å². The zero-order valence-corrected chi connectivity index (χ0v) is 14.9. The third-order valence-corrected chi connectivity index (χ3v) is 6.65. The highest BCUT2D eigenvalue weighted by atomic mass is 32.1. The van der Waals surface area contributed by atoms with E-state index in [-0.39, 0.29) is 29.6 Å². The number of amides is 2. The molecule has 0 saturated heterocycles. The predicted molar refractivity (Wildman–Crippen MR) is 96.9 cm³/mol. The average molecular weight is 369 g/mol. The Labute approximate surface area is 155 Å². The van der Waals surface area contributed by atoms with Crippen molar-refractivity contribution in [3.8, 4) is 5.75 Å². The van der Waals surface area contributed by atoms with E-state index in [4.69, 9.17) is 4.74 Å². The van der Waals surface area contributed by atoms with Crippen LogP contribution in [0.1, 0.15) is 36.0 Å². The summed E-state index contributed by atoms with van der Waals surface area (Å²) in [5.41, 5.74) is -0.0931. The van der Waals surface area contributed by atoms with Crippen molar-refractivity contribution in [2.45, 2.75) is 31.4 Å². The van der Waals surface area contributed by atoms with Gasteiger partial charge in [0.25, 0.3) is 5.91 Å². The summed E-state index contributed by atoms with van der Waals surface area (Å²) in [5, 5.41) is 8.54.